The van der Waals surface area contributed by atoms with E-state index in [0.29, 0.717) is 37.7 Å². The lowest BCUT2D eigenvalue weighted by molar-refractivity contribution is -0.121. The van der Waals surface area contributed by atoms with Crippen molar-refractivity contribution in [2.75, 3.05) is 45.5 Å². The summed E-state index contributed by atoms with van der Waals surface area (Å²) in [6, 6.07) is 7.09. The van der Waals surface area contributed by atoms with E-state index in [1.807, 2.05) is 0 Å². The van der Waals surface area contributed by atoms with Crippen molar-refractivity contribution in [3.63, 3.8) is 0 Å². The van der Waals surface area contributed by atoms with Crippen LogP contribution in [0, 0.1) is 0 Å². The van der Waals surface area contributed by atoms with Gasteiger partial charge in [-0.15, -0.1) is 0 Å². The van der Waals surface area contributed by atoms with E-state index in [2.05, 4.69) is 5.32 Å². The molecule has 0 atom stereocenters. The van der Waals surface area contributed by atoms with Crippen LogP contribution in [0.1, 0.15) is 5.56 Å². The second kappa shape index (κ2) is 10.2. The molecule has 6 nitrogen and oxygen atoms in total. The Morgan fingerprint density at radius 2 is 1.86 bits per heavy atom. The van der Waals surface area contributed by atoms with Crippen molar-refractivity contribution in [1.29, 1.82) is 0 Å². The molecule has 0 aromatic heterocycles. The van der Waals surface area contributed by atoms with E-state index in [-0.39, 0.29) is 17.5 Å². The lowest BCUT2D eigenvalue weighted by Gasteiger charge is -2.10. The van der Waals surface area contributed by atoms with Crippen molar-refractivity contribution in [3.8, 4) is 0 Å². The number of benzene rings is 1. The predicted molar refractivity (Wildman–Crippen MR) is 84.5 cm³/mol. The fraction of sp³-hybridized carbons (Fsp3) is 0.429. The molecule has 0 saturated heterocycles. The molecule has 7 heteroatoms. The second-order valence-electron chi connectivity index (χ2n) is 4.12. The maximum Gasteiger partial charge on any atom is 0.250 e. The van der Waals surface area contributed by atoms with Crippen LogP contribution in [0.3, 0.4) is 0 Å². The highest BCUT2D eigenvalue weighted by molar-refractivity contribution is 7.80. The van der Waals surface area contributed by atoms with Crippen molar-refractivity contribution >= 4 is 28.8 Å². The van der Waals surface area contributed by atoms with Gasteiger partial charge in [0.1, 0.15) is 11.6 Å². The van der Waals surface area contributed by atoms with Gasteiger partial charge in [-0.05, 0) is 12.1 Å². The molecule has 1 amide bonds. The van der Waals surface area contributed by atoms with Gasteiger partial charge >= 0.3 is 0 Å². The van der Waals surface area contributed by atoms with Crippen molar-refractivity contribution in [3.05, 3.63) is 29.8 Å². The summed E-state index contributed by atoms with van der Waals surface area (Å²) in [5.74, 6) is -0.268. The molecule has 0 bridgehead atoms. The van der Waals surface area contributed by atoms with Crippen LogP contribution in [0.5, 0.6) is 0 Å². The number of thiocarbonyl (C=S) groups is 1. The number of anilines is 1. The Morgan fingerprint density at radius 1 is 1.19 bits per heavy atom. The van der Waals surface area contributed by atoms with Gasteiger partial charge < -0.3 is 25.3 Å². The number of hydrogen-bond acceptors (Lipinski definition) is 5. The maximum absolute atomic E-state index is 11.7. The van der Waals surface area contributed by atoms with Crippen molar-refractivity contribution < 1.29 is 19.0 Å². The summed E-state index contributed by atoms with van der Waals surface area (Å²) in [5.41, 5.74) is 6.80. The van der Waals surface area contributed by atoms with Crippen LogP contribution < -0.4 is 11.1 Å². The summed E-state index contributed by atoms with van der Waals surface area (Å²) < 4.78 is 15.2. The predicted octanol–water partition coefficient (Wildman–Crippen LogP) is 0.939. The number of nitrogens with one attached hydrogen (secondary N) is 1. The zero-order valence-corrected chi connectivity index (χ0v) is 12.8. The Labute approximate surface area is 129 Å². The molecule has 0 radical (unpaired) electrons. The van der Waals surface area contributed by atoms with Gasteiger partial charge in [-0.3, -0.25) is 4.79 Å². The molecule has 0 fully saturated rings. The highest BCUT2D eigenvalue weighted by Crippen LogP contribution is 2.14. The standard InChI is InChI=1S/C14H20N2O4S/c1-18-6-7-19-8-9-20-10-13(17)16-12-5-3-2-4-11(12)14(15)21/h2-5H,6-10H2,1H3,(H2,15,21)(H,16,17). The van der Waals surface area contributed by atoms with Crippen LogP contribution in [0.15, 0.2) is 24.3 Å². The molecule has 0 aliphatic heterocycles. The number of rotatable bonds is 10. The number of hydrogen-bond donors (Lipinski definition) is 2. The lowest BCUT2D eigenvalue weighted by atomic mass is 10.2. The van der Waals surface area contributed by atoms with E-state index in [9.17, 15) is 4.79 Å². The molecule has 0 aliphatic carbocycles. The number of carbonyl (C=O) groups excluding carboxylic acids is 1. The third kappa shape index (κ3) is 7.14. The van der Waals surface area contributed by atoms with E-state index in [4.69, 9.17) is 32.2 Å². The molecule has 0 spiro atoms. The summed E-state index contributed by atoms with van der Waals surface area (Å²) in [5, 5.41) is 2.71. The van der Waals surface area contributed by atoms with Crippen LogP contribution in [0.25, 0.3) is 0 Å². The monoisotopic (exact) mass is 312 g/mol. The molecular formula is C14H20N2O4S. The first-order valence-corrected chi connectivity index (χ1v) is 6.89. The number of nitrogens with two attached hydrogens (primary N) is 1. The van der Waals surface area contributed by atoms with E-state index in [1.165, 1.54) is 0 Å². The Morgan fingerprint density at radius 3 is 2.57 bits per heavy atom. The minimum absolute atomic E-state index is 0.0562. The number of carbonyl (C=O) groups is 1. The van der Waals surface area contributed by atoms with Gasteiger partial charge in [-0.25, -0.2) is 0 Å². The normalized spacial score (nSPS) is 10.3. The first-order valence-electron chi connectivity index (χ1n) is 6.48. The Kier molecular flexibility index (Phi) is 8.53. The molecule has 0 unspecified atom stereocenters. The molecule has 3 N–H and O–H groups in total. The fourth-order valence-electron chi connectivity index (χ4n) is 1.52. The molecule has 0 saturated carbocycles. The third-order valence-corrected chi connectivity index (χ3v) is 2.72. The van der Waals surface area contributed by atoms with Gasteiger partial charge in [0.2, 0.25) is 5.91 Å². The van der Waals surface area contributed by atoms with Crippen molar-refractivity contribution in [1.82, 2.24) is 0 Å². The molecular weight excluding hydrogens is 292 g/mol. The van der Waals surface area contributed by atoms with E-state index in [1.54, 1.807) is 31.4 Å². The molecule has 0 aliphatic rings. The number of para-hydroxylation sites is 1. The quantitative estimate of drug-likeness (QED) is 0.494. The van der Waals surface area contributed by atoms with Crippen LogP contribution in [0.4, 0.5) is 5.69 Å². The van der Waals surface area contributed by atoms with Gasteiger partial charge in [0.15, 0.2) is 0 Å². The summed E-state index contributed by atoms with van der Waals surface area (Å²) >= 11 is 4.93. The highest BCUT2D eigenvalue weighted by atomic mass is 32.1. The number of ether oxygens (including phenoxy) is 3. The fourth-order valence-corrected chi connectivity index (χ4v) is 1.70. The van der Waals surface area contributed by atoms with Gasteiger partial charge in [0.05, 0.1) is 32.1 Å². The topological polar surface area (TPSA) is 82.8 Å². The summed E-state index contributed by atoms with van der Waals surface area (Å²) in [6.07, 6.45) is 0. The zero-order valence-electron chi connectivity index (χ0n) is 12.0. The van der Waals surface area contributed by atoms with Crippen LogP contribution in [0.2, 0.25) is 0 Å². The Bertz CT molecular complexity index is 468. The molecule has 1 rings (SSSR count). The summed E-state index contributed by atoms with van der Waals surface area (Å²) in [6.45, 7) is 1.75. The van der Waals surface area contributed by atoms with Crippen LogP contribution in [-0.2, 0) is 19.0 Å². The number of methoxy groups -OCH3 is 1. The minimum atomic E-state index is -0.268. The third-order valence-electron chi connectivity index (χ3n) is 2.50. The Balaban J connectivity index is 2.27. The SMILES string of the molecule is COCCOCCOCC(=O)Nc1ccccc1C(N)=S. The van der Waals surface area contributed by atoms with Crippen LogP contribution >= 0.6 is 12.2 Å². The van der Waals surface area contributed by atoms with E-state index >= 15 is 0 Å². The van der Waals surface area contributed by atoms with Gasteiger partial charge in [-0.2, -0.15) is 0 Å². The van der Waals surface area contributed by atoms with Crippen molar-refractivity contribution in [2.45, 2.75) is 0 Å². The van der Waals surface area contributed by atoms with Crippen molar-refractivity contribution in [2.24, 2.45) is 5.73 Å². The average Bonchev–Trinajstić information content (AvgIpc) is 2.46. The lowest BCUT2D eigenvalue weighted by Crippen LogP contribution is -2.22. The second-order valence-corrected chi connectivity index (χ2v) is 4.56. The average molecular weight is 312 g/mol. The Hall–Kier alpha value is -1.54. The smallest absolute Gasteiger partial charge is 0.250 e. The van der Waals surface area contributed by atoms with E-state index < -0.39 is 0 Å². The van der Waals surface area contributed by atoms with Gasteiger partial charge in [-0.1, -0.05) is 24.4 Å². The van der Waals surface area contributed by atoms with E-state index in [0.717, 1.165) is 0 Å². The molecule has 1 aromatic carbocycles. The van der Waals surface area contributed by atoms with Gasteiger partial charge in [0, 0.05) is 12.7 Å². The molecule has 1 aromatic rings. The molecule has 116 valence electrons. The van der Waals surface area contributed by atoms with Crippen LogP contribution in [-0.4, -0.2) is 51.0 Å². The highest BCUT2D eigenvalue weighted by Gasteiger charge is 2.08. The maximum atomic E-state index is 11.7. The number of amides is 1. The van der Waals surface area contributed by atoms with Gasteiger partial charge in [0.25, 0.3) is 0 Å². The largest absolute Gasteiger partial charge is 0.389 e. The zero-order chi connectivity index (χ0) is 15.5. The summed E-state index contributed by atoms with van der Waals surface area (Å²) in [4.78, 5) is 12.0. The summed E-state index contributed by atoms with van der Waals surface area (Å²) in [7, 11) is 1.61. The first-order chi connectivity index (χ1) is 10.1. The first kappa shape index (κ1) is 17.5. The molecule has 0 heterocycles. The molecule has 21 heavy (non-hydrogen) atoms. The minimum Gasteiger partial charge on any atom is -0.389 e.